The first-order chi connectivity index (χ1) is 8.08. The fourth-order valence-electron chi connectivity index (χ4n) is 2.59. The summed E-state index contributed by atoms with van der Waals surface area (Å²) in [5.41, 5.74) is 5.93. The number of nitrogens with two attached hydrogens (primary N) is 1. The zero-order valence-electron chi connectivity index (χ0n) is 9.97. The minimum Gasteiger partial charge on any atom is -0.481 e. The van der Waals surface area contributed by atoms with Gasteiger partial charge in [0.1, 0.15) is 0 Å². The van der Waals surface area contributed by atoms with Crippen LogP contribution in [-0.2, 0) is 9.59 Å². The average molecular weight is 240 g/mol. The van der Waals surface area contributed by atoms with Crippen molar-refractivity contribution in [3.8, 4) is 0 Å². The lowest BCUT2D eigenvalue weighted by molar-refractivity contribution is -0.140. The van der Waals surface area contributed by atoms with Crippen LogP contribution in [0, 0.1) is 5.92 Å². The summed E-state index contributed by atoms with van der Waals surface area (Å²) in [4.78, 5) is 24.5. The summed E-state index contributed by atoms with van der Waals surface area (Å²) in [5, 5.41) is 8.79. The van der Waals surface area contributed by atoms with E-state index in [9.17, 15) is 9.59 Å². The van der Waals surface area contributed by atoms with Gasteiger partial charge in [-0.1, -0.05) is 0 Å². The summed E-state index contributed by atoms with van der Waals surface area (Å²) in [6.45, 7) is 0.689. The van der Waals surface area contributed by atoms with Gasteiger partial charge in [0, 0.05) is 25.0 Å². The quantitative estimate of drug-likeness (QED) is 0.736. The summed E-state index contributed by atoms with van der Waals surface area (Å²) < 4.78 is 0. The van der Waals surface area contributed by atoms with Crippen molar-refractivity contribution in [3.63, 3.8) is 0 Å². The first kappa shape index (κ1) is 12.4. The zero-order chi connectivity index (χ0) is 12.4. The maximum atomic E-state index is 12.0. The van der Waals surface area contributed by atoms with Crippen LogP contribution in [0.25, 0.3) is 0 Å². The number of carbonyl (C=O) groups excluding carboxylic acids is 1. The van der Waals surface area contributed by atoms with Crippen molar-refractivity contribution in [3.05, 3.63) is 0 Å². The fourth-order valence-corrected chi connectivity index (χ4v) is 2.59. The van der Waals surface area contributed by atoms with Crippen molar-refractivity contribution in [2.75, 3.05) is 6.54 Å². The molecule has 3 N–H and O–H groups in total. The number of carboxylic acid groups (broad SMARTS) is 1. The predicted octanol–water partition coefficient (Wildman–Crippen LogP) is 0.579. The molecule has 2 aliphatic rings. The topological polar surface area (TPSA) is 83.6 Å². The molecule has 2 rings (SSSR count). The molecule has 5 nitrogen and oxygen atoms in total. The number of hydrogen-bond acceptors (Lipinski definition) is 3. The van der Waals surface area contributed by atoms with Gasteiger partial charge < -0.3 is 15.7 Å². The molecule has 0 spiro atoms. The maximum absolute atomic E-state index is 12.0. The lowest BCUT2D eigenvalue weighted by Gasteiger charge is -2.25. The molecule has 1 aliphatic heterocycles. The number of carboxylic acids is 1. The van der Waals surface area contributed by atoms with Gasteiger partial charge >= 0.3 is 5.97 Å². The standard InChI is InChI=1S/C12H20N2O3/c13-10(8-3-4-8)7-11(15)14-5-1-2-9(14)6-12(16)17/h8-10H,1-7,13H2,(H,16,17). The average Bonchev–Trinajstić information content (AvgIpc) is 2.99. The molecule has 1 saturated carbocycles. The molecule has 0 aromatic heterocycles. The lowest BCUT2D eigenvalue weighted by atomic mass is 10.1. The minimum absolute atomic E-state index is 0.0337. The SMILES string of the molecule is NC(CC(=O)N1CCCC1CC(=O)O)C1CC1. The summed E-state index contributed by atoms with van der Waals surface area (Å²) in [6.07, 6.45) is 4.41. The Morgan fingerprint density at radius 3 is 2.65 bits per heavy atom. The molecule has 0 aromatic carbocycles. The Morgan fingerprint density at radius 2 is 2.06 bits per heavy atom. The first-order valence-electron chi connectivity index (χ1n) is 6.34. The predicted molar refractivity (Wildman–Crippen MR) is 62.3 cm³/mol. The number of nitrogens with zero attached hydrogens (tertiary/aromatic N) is 1. The number of likely N-dealkylation sites (tertiary alicyclic amines) is 1. The van der Waals surface area contributed by atoms with Gasteiger partial charge in [-0.25, -0.2) is 0 Å². The van der Waals surface area contributed by atoms with E-state index in [-0.39, 0.29) is 24.4 Å². The monoisotopic (exact) mass is 240 g/mol. The van der Waals surface area contributed by atoms with Gasteiger partial charge in [-0.05, 0) is 31.6 Å². The van der Waals surface area contributed by atoms with Crippen LogP contribution in [0.3, 0.4) is 0 Å². The zero-order valence-corrected chi connectivity index (χ0v) is 9.97. The second-order valence-corrected chi connectivity index (χ2v) is 5.19. The smallest absolute Gasteiger partial charge is 0.305 e. The van der Waals surface area contributed by atoms with Crippen LogP contribution in [0.2, 0.25) is 0 Å². The first-order valence-corrected chi connectivity index (χ1v) is 6.34. The van der Waals surface area contributed by atoms with Gasteiger partial charge in [-0.3, -0.25) is 9.59 Å². The Morgan fingerprint density at radius 1 is 1.35 bits per heavy atom. The number of carbonyl (C=O) groups is 2. The lowest BCUT2D eigenvalue weighted by Crippen LogP contribution is -2.40. The van der Waals surface area contributed by atoms with E-state index in [1.54, 1.807) is 4.90 Å². The molecule has 1 heterocycles. The Bertz CT molecular complexity index is 315. The molecule has 0 aromatic rings. The van der Waals surface area contributed by atoms with Crippen molar-refractivity contribution in [2.45, 2.75) is 50.6 Å². The molecule has 1 aliphatic carbocycles. The van der Waals surface area contributed by atoms with Crippen LogP contribution in [-0.4, -0.2) is 40.5 Å². The van der Waals surface area contributed by atoms with Crippen molar-refractivity contribution in [2.24, 2.45) is 11.7 Å². The van der Waals surface area contributed by atoms with Crippen LogP contribution in [0.5, 0.6) is 0 Å². The van der Waals surface area contributed by atoms with Crippen LogP contribution in [0.4, 0.5) is 0 Å². The summed E-state index contributed by atoms with van der Waals surface area (Å²) in [5.74, 6) is -0.284. The van der Waals surface area contributed by atoms with Crippen LogP contribution in [0.15, 0.2) is 0 Å². The van der Waals surface area contributed by atoms with E-state index in [0.717, 1.165) is 25.7 Å². The maximum Gasteiger partial charge on any atom is 0.305 e. The highest BCUT2D eigenvalue weighted by molar-refractivity contribution is 5.78. The minimum atomic E-state index is -0.832. The van der Waals surface area contributed by atoms with Crippen LogP contribution in [0.1, 0.15) is 38.5 Å². The third-order valence-electron chi connectivity index (χ3n) is 3.75. The Labute approximate surface area is 101 Å². The van der Waals surface area contributed by atoms with Gasteiger partial charge in [-0.15, -0.1) is 0 Å². The molecule has 5 heteroatoms. The van der Waals surface area contributed by atoms with E-state index in [2.05, 4.69) is 0 Å². The molecular formula is C12H20N2O3. The highest BCUT2D eigenvalue weighted by Crippen LogP contribution is 2.33. The van der Waals surface area contributed by atoms with Crippen molar-refractivity contribution < 1.29 is 14.7 Å². The van der Waals surface area contributed by atoms with E-state index >= 15 is 0 Å². The van der Waals surface area contributed by atoms with Gasteiger partial charge in [-0.2, -0.15) is 0 Å². The summed E-state index contributed by atoms with van der Waals surface area (Å²) in [6, 6.07) is -0.153. The molecule has 96 valence electrons. The number of amides is 1. The van der Waals surface area contributed by atoms with Crippen LogP contribution < -0.4 is 5.73 Å². The molecule has 1 amide bonds. The van der Waals surface area contributed by atoms with Crippen molar-refractivity contribution in [1.82, 2.24) is 4.90 Å². The molecule has 2 unspecified atom stereocenters. The second kappa shape index (κ2) is 5.04. The molecule has 2 atom stereocenters. The van der Waals surface area contributed by atoms with Gasteiger partial charge in [0.15, 0.2) is 0 Å². The molecule has 1 saturated heterocycles. The second-order valence-electron chi connectivity index (χ2n) is 5.19. The molecule has 0 radical (unpaired) electrons. The summed E-state index contributed by atoms with van der Waals surface area (Å²) in [7, 11) is 0. The largest absolute Gasteiger partial charge is 0.481 e. The van der Waals surface area contributed by atoms with Crippen molar-refractivity contribution in [1.29, 1.82) is 0 Å². The highest BCUT2D eigenvalue weighted by Gasteiger charge is 2.34. The van der Waals surface area contributed by atoms with E-state index in [1.807, 2.05) is 0 Å². The number of rotatable bonds is 5. The number of hydrogen-bond donors (Lipinski definition) is 2. The van der Waals surface area contributed by atoms with Crippen molar-refractivity contribution >= 4 is 11.9 Å². The van der Waals surface area contributed by atoms with E-state index in [4.69, 9.17) is 10.8 Å². The normalized spacial score (nSPS) is 25.9. The third kappa shape index (κ3) is 3.19. The number of aliphatic carboxylic acids is 1. The third-order valence-corrected chi connectivity index (χ3v) is 3.75. The molecule has 17 heavy (non-hydrogen) atoms. The summed E-state index contributed by atoms with van der Waals surface area (Å²) >= 11 is 0. The van der Waals surface area contributed by atoms with Crippen LogP contribution >= 0.6 is 0 Å². The highest BCUT2D eigenvalue weighted by atomic mass is 16.4. The fraction of sp³-hybridized carbons (Fsp3) is 0.833. The Kier molecular flexibility index (Phi) is 3.66. The van der Waals surface area contributed by atoms with E-state index in [0.29, 0.717) is 18.9 Å². The Balaban J connectivity index is 1.86. The molecular weight excluding hydrogens is 220 g/mol. The Hall–Kier alpha value is -1.10. The van der Waals surface area contributed by atoms with E-state index < -0.39 is 5.97 Å². The van der Waals surface area contributed by atoms with Gasteiger partial charge in [0.05, 0.1) is 6.42 Å². The molecule has 0 bridgehead atoms. The van der Waals surface area contributed by atoms with E-state index in [1.165, 1.54) is 0 Å². The van der Waals surface area contributed by atoms with Gasteiger partial charge in [0.2, 0.25) is 5.91 Å². The molecule has 2 fully saturated rings. The van der Waals surface area contributed by atoms with Gasteiger partial charge in [0.25, 0.3) is 0 Å².